The molecule has 3 rings (SSSR count). The number of hydrogen-bond acceptors (Lipinski definition) is 4. The number of nitrogens with zero attached hydrogens (tertiary/aromatic N) is 1. The molecule has 2 aromatic rings. The van der Waals surface area contributed by atoms with E-state index in [1.165, 1.54) is 0 Å². The number of anilines is 2. The molecule has 2 atom stereocenters. The number of rotatable bonds is 5. The summed E-state index contributed by atoms with van der Waals surface area (Å²) in [5.41, 5.74) is 1.87. The fraction of sp³-hybridized carbons (Fsp3) is 0.350. The van der Waals surface area contributed by atoms with Crippen molar-refractivity contribution in [1.29, 1.82) is 0 Å². The van der Waals surface area contributed by atoms with Crippen molar-refractivity contribution in [3.05, 3.63) is 53.6 Å². The van der Waals surface area contributed by atoms with Crippen LogP contribution in [0.1, 0.15) is 13.8 Å². The van der Waals surface area contributed by atoms with Gasteiger partial charge >= 0.3 is 0 Å². The van der Waals surface area contributed by atoms with Crippen LogP contribution < -0.4 is 15.0 Å². The number of ether oxygens (including phenoxy) is 2. The predicted octanol–water partition coefficient (Wildman–Crippen LogP) is 3.97. The summed E-state index contributed by atoms with van der Waals surface area (Å²) in [7, 11) is 0. The summed E-state index contributed by atoms with van der Waals surface area (Å²) < 4.78 is 11.0. The van der Waals surface area contributed by atoms with Crippen molar-refractivity contribution < 1.29 is 14.3 Å². The molecule has 1 saturated heterocycles. The van der Waals surface area contributed by atoms with E-state index in [9.17, 15) is 4.79 Å². The van der Waals surface area contributed by atoms with Gasteiger partial charge in [0.1, 0.15) is 5.75 Å². The van der Waals surface area contributed by atoms with Gasteiger partial charge in [-0.05, 0) is 62.4 Å². The summed E-state index contributed by atoms with van der Waals surface area (Å²) in [5.74, 6) is 0.399. The molecular formula is C20H23ClN2O3. The Labute approximate surface area is 158 Å². The lowest BCUT2D eigenvalue weighted by Crippen LogP contribution is -2.49. The monoisotopic (exact) mass is 374 g/mol. The molecule has 1 amide bonds. The maximum Gasteiger partial charge on any atom is 0.262 e. The maximum absolute atomic E-state index is 12.1. The summed E-state index contributed by atoms with van der Waals surface area (Å²) in [4.78, 5) is 14.4. The highest BCUT2D eigenvalue weighted by Crippen LogP contribution is 2.25. The van der Waals surface area contributed by atoms with Crippen LogP contribution in [0, 0.1) is 0 Å². The number of hydrogen-bond donors (Lipinski definition) is 1. The zero-order valence-corrected chi connectivity index (χ0v) is 15.7. The second-order valence-electron chi connectivity index (χ2n) is 6.48. The first-order valence-corrected chi connectivity index (χ1v) is 9.05. The van der Waals surface area contributed by atoms with E-state index in [4.69, 9.17) is 21.1 Å². The SMILES string of the molecule is CC1COCC(C)N1c1ccc(NC(=O)COc2ccc(Cl)cc2)cc1. The van der Waals surface area contributed by atoms with Crippen molar-refractivity contribution in [2.24, 2.45) is 0 Å². The zero-order valence-electron chi connectivity index (χ0n) is 14.9. The second-order valence-corrected chi connectivity index (χ2v) is 6.92. The fourth-order valence-corrected chi connectivity index (χ4v) is 3.23. The molecule has 0 spiro atoms. The van der Waals surface area contributed by atoms with Gasteiger partial charge in [-0.3, -0.25) is 4.79 Å². The van der Waals surface area contributed by atoms with Crippen LogP contribution in [0.15, 0.2) is 48.5 Å². The quantitative estimate of drug-likeness (QED) is 0.860. The molecule has 0 bridgehead atoms. The summed E-state index contributed by atoms with van der Waals surface area (Å²) in [6, 6.07) is 15.4. The molecule has 0 aliphatic carbocycles. The van der Waals surface area contributed by atoms with Gasteiger partial charge in [0.25, 0.3) is 5.91 Å². The Kier molecular flexibility index (Phi) is 6.01. The largest absolute Gasteiger partial charge is 0.484 e. The van der Waals surface area contributed by atoms with Gasteiger partial charge in [0.05, 0.1) is 13.2 Å². The van der Waals surface area contributed by atoms with Gasteiger partial charge in [0, 0.05) is 28.5 Å². The van der Waals surface area contributed by atoms with E-state index in [0.717, 1.165) is 24.6 Å². The van der Waals surface area contributed by atoms with Crippen LogP contribution >= 0.6 is 11.6 Å². The Morgan fingerprint density at radius 1 is 1.12 bits per heavy atom. The summed E-state index contributed by atoms with van der Waals surface area (Å²) in [6.07, 6.45) is 0. The average molecular weight is 375 g/mol. The lowest BCUT2D eigenvalue weighted by Gasteiger charge is -2.40. The van der Waals surface area contributed by atoms with Crippen LogP contribution in [0.4, 0.5) is 11.4 Å². The molecule has 26 heavy (non-hydrogen) atoms. The van der Waals surface area contributed by atoms with Crippen molar-refractivity contribution in [2.75, 3.05) is 30.0 Å². The van der Waals surface area contributed by atoms with Crippen molar-refractivity contribution in [3.8, 4) is 5.75 Å². The predicted molar refractivity (Wildman–Crippen MR) is 104 cm³/mol. The Hall–Kier alpha value is -2.24. The minimum Gasteiger partial charge on any atom is -0.484 e. The molecule has 0 aromatic heterocycles. The van der Waals surface area contributed by atoms with E-state index >= 15 is 0 Å². The molecule has 1 fully saturated rings. The summed E-state index contributed by atoms with van der Waals surface area (Å²) in [6.45, 7) is 5.70. The first-order valence-electron chi connectivity index (χ1n) is 8.67. The number of carbonyl (C=O) groups is 1. The molecular weight excluding hydrogens is 352 g/mol. The molecule has 0 radical (unpaired) electrons. The molecule has 1 aliphatic heterocycles. The zero-order chi connectivity index (χ0) is 18.5. The average Bonchev–Trinajstić information content (AvgIpc) is 2.62. The van der Waals surface area contributed by atoms with Gasteiger partial charge in [-0.2, -0.15) is 0 Å². The fourth-order valence-electron chi connectivity index (χ4n) is 3.11. The number of morpholine rings is 1. The summed E-state index contributed by atoms with van der Waals surface area (Å²) >= 11 is 5.82. The van der Waals surface area contributed by atoms with Crippen molar-refractivity contribution in [3.63, 3.8) is 0 Å². The first-order chi connectivity index (χ1) is 12.5. The van der Waals surface area contributed by atoms with Gasteiger partial charge in [0.2, 0.25) is 0 Å². The highest BCUT2D eigenvalue weighted by Gasteiger charge is 2.25. The van der Waals surface area contributed by atoms with Gasteiger partial charge in [-0.1, -0.05) is 11.6 Å². The first kappa shape index (κ1) is 18.5. The van der Waals surface area contributed by atoms with E-state index in [1.54, 1.807) is 24.3 Å². The minimum atomic E-state index is -0.208. The number of amides is 1. The Balaban J connectivity index is 1.55. The third-order valence-electron chi connectivity index (χ3n) is 4.30. The van der Waals surface area contributed by atoms with Crippen LogP contribution in [0.5, 0.6) is 5.75 Å². The second kappa shape index (κ2) is 8.43. The number of halogens is 1. The highest BCUT2D eigenvalue weighted by molar-refractivity contribution is 6.30. The van der Waals surface area contributed by atoms with E-state index in [1.807, 2.05) is 24.3 Å². The molecule has 5 nitrogen and oxygen atoms in total. The maximum atomic E-state index is 12.1. The van der Waals surface area contributed by atoms with Crippen LogP contribution in [0.3, 0.4) is 0 Å². The van der Waals surface area contributed by atoms with Gasteiger partial charge in [0.15, 0.2) is 6.61 Å². The molecule has 2 unspecified atom stereocenters. The normalized spacial score (nSPS) is 19.9. The van der Waals surface area contributed by atoms with Crippen molar-refractivity contribution >= 4 is 28.9 Å². The minimum absolute atomic E-state index is 0.0546. The van der Waals surface area contributed by atoms with E-state index in [0.29, 0.717) is 22.9 Å². The molecule has 6 heteroatoms. The van der Waals surface area contributed by atoms with Crippen molar-refractivity contribution in [2.45, 2.75) is 25.9 Å². The van der Waals surface area contributed by atoms with E-state index < -0.39 is 0 Å². The van der Waals surface area contributed by atoms with E-state index in [-0.39, 0.29) is 12.5 Å². The van der Waals surface area contributed by atoms with Crippen LogP contribution in [-0.2, 0) is 9.53 Å². The standard InChI is InChI=1S/C20H23ClN2O3/c1-14-11-25-12-15(2)23(14)18-7-5-17(6-8-18)22-20(24)13-26-19-9-3-16(21)4-10-19/h3-10,14-15H,11-13H2,1-2H3,(H,22,24). The number of nitrogens with one attached hydrogen (secondary N) is 1. The van der Waals surface area contributed by atoms with Gasteiger partial charge < -0.3 is 19.7 Å². The summed E-state index contributed by atoms with van der Waals surface area (Å²) in [5, 5.41) is 3.47. The molecule has 2 aromatic carbocycles. The Bertz CT molecular complexity index is 724. The topological polar surface area (TPSA) is 50.8 Å². The number of benzene rings is 2. The lowest BCUT2D eigenvalue weighted by atomic mass is 10.1. The third-order valence-corrected chi connectivity index (χ3v) is 4.55. The van der Waals surface area contributed by atoms with E-state index in [2.05, 4.69) is 24.1 Å². The molecule has 1 aliphatic rings. The molecule has 1 heterocycles. The highest BCUT2D eigenvalue weighted by atomic mass is 35.5. The van der Waals surface area contributed by atoms with Gasteiger partial charge in [-0.15, -0.1) is 0 Å². The van der Waals surface area contributed by atoms with Crippen LogP contribution in [0.2, 0.25) is 5.02 Å². The smallest absolute Gasteiger partial charge is 0.262 e. The Morgan fingerprint density at radius 3 is 2.35 bits per heavy atom. The van der Waals surface area contributed by atoms with Gasteiger partial charge in [-0.25, -0.2) is 0 Å². The Morgan fingerprint density at radius 2 is 1.73 bits per heavy atom. The lowest BCUT2D eigenvalue weighted by molar-refractivity contribution is -0.118. The molecule has 0 saturated carbocycles. The van der Waals surface area contributed by atoms with Crippen LogP contribution in [0.25, 0.3) is 0 Å². The van der Waals surface area contributed by atoms with Crippen molar-refractivity contribution in [1.82, 2.24) is 0 Å². The van der Waals surface area contributed by atoms with Crippen LogP contribution in [-0.4, -0.2) is 37.8 Å². The number of carbonyl (C=O) groups excluding carboxylic acids is 1. The molecule has 1 N–H and O–H groups in total. The third kappa shape index (κ3) is 4.68. The molecule has 138 valence electrons.